The first kappa shape index (κ1) is 13.6. The van der Waals surface area contributed by atoms with Gasteiger partial charge in [0.15, 0.2) is 5.96 Å². The Kier molecular flexibility index (Phi) is 5.07. The number of aromatic nitrogens is 1. The molecule has 0 spiro atoms. The largest absolute Gasteiger partial charge is 0.356 e. The van der Waals surface area contributed by atoms with Gasteiger partial charge in [0.05, 0.1) is 6.54 Å². The molecule has 1 rings (SSSR count). The van der Waals surface area contributed by atoms with Crippen LogP contribution in [-0.2, 0) is 13.6 Å². The smallest absolute Gasteiger partial charge is 0.193 e. The first-order valence-electron chi connectivity index (χ1n) is 6.06. The molecule has 0 saturated heterocycles. The van der Waals surface area contributed by atoms with Gasteiger partial charge >= 0.3 is 0 Å². The highest BCUT2D eigenvalue weighted by Crippen LogP contribution is 2.03. The number of hydrogen-bond acceptors (Lipinski definition) is 1. The van der Waals surface area contributed by atoms with Gasteiger partial charge in [0, 0.05) is 39.6 Å². The Morgan fingerprint density at radius 2 is 2.24 bits per heavy atom. The molecule has 0 radical (unpaired) electrons. The van der Waals surface area contributed by atoms with E-state index in [1.165, 1.54) is 5.69 Å². The van der Waals surface area contributed by atoms with Crippen LogP contribution in [0.3, 0.4) is 0 Å². The number of aryl methyl sites for hydroxylation is 1. The van der Waals surface area contributed by atoms with E-state index in [0.717, 1.165) is 19.0 Å². The Balaban J connectivity index is 2.56. The van der Waals surface area contributed by atoms with E-state index in [0.29, 0.717) is 5.92 Å². The normalized spacial score (nSPS) is 12.0. The minimum Gasteiger partial charge on any atom is -0.356 e. The zero-order valence-corrected chi connectivity index (χ0v) is 11.6. The van der Waals surface area contributed by atoms with Crippen molar-refractivity contribution in [1.29, 1.82) is 0 Å². The minimum atomic E-state index is 0.621. The average Bonchev–Trinajstić information content (AvgIpc) is 2.65. The fraction of sp³-hybridized carbons (Fsp3) is 0.615. The van der Waals surface area contributed by atoms with Crippen LogP contribution in [0.5, 0.6) is 0 Å². The second kappa shape index (κ2) is 6.33. The maximum Gasteiger partial charge on any atom is 0.193 e. The highest BCUT2D eigenvalue weighted by Gasteiger charge is 2.08. The van der Waals surface area contributed by atoms with E-state index in [1.807, 2.05) is 7.05 Å². The van der Waals surface area contributed by atoms with Crippen LogP contribution in [0.4, 0.5) is 0 Å². The summed E-state index contributed by atoms with van der Waals surface area (Å²) in [7, 11) is 5.94. The second-order valence-corrected chi connectivity index (χ2v) is 4.79. The van der Waals surface area contributed by atoms with Crippen molar-refractivity contribution < 1.29 is 0 Å². The van der Waals surface area contributed by atoms with Crippen molar-refractivity contribution in [2.75, 3.05) is 20.6 Å². The number of nitrogens with zero attached hydrogens (tertiary/aromatic N) is 3. The lowest BCUT2D eigenvalue weighted by atomic mass is 10.2. The molecule has 0 aliphatic heterocycles. The lowest BCUT2D eigenvalue weighted by Gasteiger charge is -2.23. The third-order valence-corrected chi connectivity index (χ3v) is 2.69. The SMILES string of the molecule is CN=C(NCC(C)C)N(C)Cc1cccn1C. The molecule has 0 atom stereocenters. The zero-order chi connectivity index (χ0) is 12.8. The molecule has 96 valence electrons. The lowest BCUT2D eigenvalue weighted by molar-refractivity contribution is 0.454. The molecule has 1 aromatic rings. The van der Waals surface area contributed by atoms with Crippen LogP contribution in [0.25, 0.3) is 0 Å². The summed E-state index contributed by atoms with van der Waals surface area (Å²) in [5.41, 5.74) is 1.28. The first-order valence-corrected chi connectivity index (χ1v) is 6.06. The topological polar surface area (TPSA) is 32.6 Å². The van der Waals surface area contributed by atoms with E-state index < -0.39 is 0 Å². The van der Waals surface area contributed by atoms with Crippen LogP contribution in [0.2, 0.25) is 0 Å². The molecule has 4 nitrogen and oxygen atoms in total. The molecule has 4 heteroatoms. The summed E-state index contributed by atoms with van der Waals surface area (Å²) in [6, 6.07) is 4.19. The first-order chi connectivity index (χ1) is 8.04. The average molecular weight is 236 g/mol. The molecular weight excluding hydrogens is 212 g/mol. The Morgan fingerprint density at radius 3 is 2.71 bits per heavy atom. The number of aliphatic imine (C=N–C) groups is 1. The molecule has 0 amide bonds. The van der Waals surface area contributed by atoms with Gasteiger partial charge in [-0.15, -0.1) is 0 Å². The molecule has 0 unspecified atom stereocenters. The van der Waals surface area contributed by atoms with Crippen molar-refractivity contribution >= 4 is 5.96 Å². The highest BCUT2D eigenvalue weighted by molar-refractivity contribution is 5.79. The molecule has 0 aromatic carbocycles. The fourth-order valence-electron chi connectivity index (χ4n) is 1.66. The predicted octanol–water partition coefficient (Wildman–Crippen LogP) is 1.69. The summed E-state index contributed by atoms with van der Waals surface area (Å²) in [6.07, 6.45) is 2.06. The predicted molar refractivity (Wildman–Crippen MR) is 73.1 cm³/mol. The number of hydrogen-bond donors (Lipinski definition) is 1. The molecule has 0 bridgehead atoms. The molecule has 17 heavy (non-hydrogen) atoms. The summed E-state index contributed by atoms with van der Waals surface area (Å²) in [5.74, 6) is 1.56. The minimum absolute atomic E-state index is 0.621. The summed E-state index contributed by atoms with van der Waals surface area (Å²) in [4.78, 5) is 6.43. The van der Waals surface area contributed by atoms with Gasteiger partial charge in [0.1, 0.15) is 0 Å². The second-order valence-electron chi connectivity index (χ2n) is 4.79. The van der Waals surface area contributed by atoms with E-state index in [9.17, 15) is 0 Å². The van der Waals surface area contributed by atoms with E-state index >= 15 is 0 Å². The quantitative estimate of drug-likeness (QED) is 0.637. The summed E-state index contributed by atoms with van der Waals surface area (Å²) in [5, 5.41) is 3.37. The van der Waals surface area contributed by atoms with E-state index in [-0.39, 0.29) is 0 Å². The van der Waals surface area contributed by atoms with Crippen molar-refractivity contribution in [3.63, 3.8) is 0 Å². The van der Waals surface area contributed by atoms with Crippen molar-refractivity contribution in [2.24, 2.45) is 18.0 Å². The molecule has 1 N–H and O–H groups in total. The van der Waals surface area contributed by atoms with Gasteiger partial charge in [0.2, 0.25) is 0 Å². The number of nitrogens with one attached hydrogen (secondary N) is 1. The van der Waals surface area contributed by atoms with Crippen LogP contribution in [0.1, 0.15) is 19.5 Å². The van der Waals surface area contributed by atoms with Crippen molar-refractivity contribution in [1.82, 2.24) is 14.8 Å². The third-order valence-electron chi connectivity index (χ3n) is 2.69. The molecule has 0 aliphatic carbocycles. The molecule has 1 aromatic heterocycles. The molecule has 0 fully saturated rings. The third kappa shape index (κ3) is 4.13. The highest BCUT2D eigenvalue weighted by atomic mass is 15.3. The lowest BCUT2D eigenvalue weighted by Crippen LogP contribution is -2.40. The monoisotopic (exact) mass is 236 g/mol. The Morgan fingerprint density at radius 1 is 1.53 bits per heavy atom. The van der Waals surface area contributed by atoms with Crippen molar-refractivity contribution in [3.8, 4) is 0 Å². The summed E-state index contributed by atoms with van der Waals surface area (Å²) >= 11 is 0. The Hall–Kier alpha value is -1.45. The van der Waals surface area contributed by atoms with Crippen LogP contribution in [0.15, 0.2) is 23.3 Å². The summed E-state index contributed by atoms with van der Waals surface area (Å²) < 4.78 is 2.13. The van der Waals surface area contributed by atoms with Crippen LogP contribution in [0, 0.1) is 5.92 Å². The molecule has 0 saturated carbocycles. The van der Waals surface area contributed by atoms with Gasteiger partial charge in [-0.2, -0.15) is 0 Å². The van der Waals surface area contributed by atoms with Crippen LogP contribution in [-0.4, -0.2) is 36.1 Å². The number of guanidine groups is 1. The molecule has 0 aliphatic rings. The molecule has 1 heterocycles. The fourth-order valence-corrected chi connectivity index (χ4v) is 1.66. The zero-order valence-electron chi connectivity index (χ0n) is 11.6. The van der Waals surface area contributed by atoms with Gasteiger partial charge in [0.25, 0.3) is 0 Å². The van der Waals surface area contributed by atoms with Gasteiger partial charge in [-0.1, -0.05) is 13.8 Å². The maximum absolute atomic E-state index is 4.29. The van der Waals surface area contributed by atoms with E-state index in [4.69, 9.17) is 0 Å². The van der Waals surface area contributed by atoms with Gasteiger partial charge in [-0.05, 0) is 18.1 Å². The van der Waals surface area contributed by atoms with Crippen molar-refractivity contribution in [2.45, 2.75) is 20.4 Å². The van der Waals surface area contributed by atoms with Crippen LogP contribution < -0.4 is 5.32 Å². The van der Waals surface area contributed by atoms with Crippen molar-refractivity contribution in [3.05, 3.63) is 24.0 Å². The van der Waals surface area contributed by atoms with Crippen LogP contribution >= 0.6 is 0 Å². The van der Waals surface area contributed by atoms with Gasteiger partial charge in [-0.3, -0.25) is 4.99 Å². The van der Waals surface area contributed by atoms with E-state index in [2.05, 4.69) is 66.0 Å². The van der Waals surface area contributed by atoms with Gasteiger partial charge < -0.3 is 14.8 Å². The maximum atomic E-state index is 4.29. The standard InChI is InChI=1S/C13H24N4/c1-11(2)9-15-13(14-3)17(5)10-12-7-6-8-16(12)4/h6-8,11H,9-10H2,1-5H3,(H,14,15). The van der Waals surface area contributed by atoms with Gasteiger partial charge in [-0.25, -0.2) is 0 Å². The number of rotatable bonds is 4. The Bertz CT molecular complexity index is 365. The molecular formula is C13H24N4. The summed E-state index contributed by atoms with van der Waals surface area (Å²) in [6.45, 7) is 6.19. The van der Waals surface area contributed by atoms with E-state index in [1.54, 1.807) is 0 Å². The Labute approximate surface area is 104 Å².